The first-order valence-electron chi connectivity index (χ1n) is 19.3. The van der Waals surface area contributed by atoms with Crippen molar-refractivity contribution in [1.29, 1.82) is 0 Å². The van der Waals surface area contributed by atoms with Crippen molar-refractivity contribution in [3.8, 4) is 0 Å². The number of unbranched alkanes of at least 4 members (excludes halogenated alkanes) is 21. The molecule has 0 fully saturated rings. The van der Waals surface area contributed by atoms with Gasteiger partial charge in [-0.05, 0) is 64.2 Å². The second-order valence-electron chi connectivity index (χ2n) is 13.2. The highest BCUT2D eigenvalue weighted by Gasteiger charge is 2.26. The summed E-state index contributed by atoms with van der Waals surface area (Å²) in [6.45, 7) is 4.12. The van der Waals surface area contributed by atoms with Crippen LogP contribution in [0.5, 0.6) is 0 Å². The maximum absolute atomic E-state index is 12.4. The van der Waals surface area contributed by atoms with Gasteiger partial charge in [-0.2, -0.15) is 0 Å². The molecule has 0 radical (unpaired) electrons. The highest BCUT2D eigenvalue weighted by Crippen LogP contribution is 2.14. The molecule has 5 heteroatoms. The van der Waals surface area contributed by atoms with Gasteiger partial charge in [-0.1, -0.05) is 153 Å². The molecule has 0 aromatic carbocycles. The average molecular weight is 634 g/mol. The molecule has 3 atom stereocenters. The van der Waals surface area contributed by atoms with Crippen LogP contribution in [0.25, 0.3) is 0 Å². The Hall–Kier alpha value is -1.43. The van der Waals surface area contributed by atoms with Crippen molar-refractivity contribution in [3.05, 3.63) is 36.5 Å². The van der Waals surface area contributed by atoms with Gasteiger partial charge in [0.25, 0.3) is 0 Å². The van der Waals surface area contributed by atoms with Crippen LogP contribution in [0.3, 0.4) is 0 Å². The third kappa shape index (κ3) is 31.0. The molecular weight excluding hydrogens is 558 g/mol. The molecule has 0 spiro atoms. The van der Waals surface area contributed by atoms with Gasteiger partial charge in [0.1, 0.15) is 6.10 Å². The van der Waals surface area contributed by atoms with Crippen LogP contribution in [0.15, 0.2) is 36.5 Å². The zero-order valence-electron chi connectivity index (χ0n) is 29.7. The average Bonchev–Trinajstić information content (AvgIpc) is 3.04. The summed E-state index contributed by atoms with van der Waals surface area (Å²) in [6, 6.07) is -0.830. The van der Waals surface area contributed by atoms with Gasteiger partial charge in [-0.15, -0.1) is 0 Å². The lowest BCUT2D eigenvalue weighted by Gasteiger charge is -2.26. The van der Waals surface area contributed by atoms with E-state index < -0.39 is 18.2 Å². The number of aliphatic hydroxyl groups is 3. The molecule has 45 heavy (non-hydrogen) atoms. The molecule has 1 amide bonds. The van der Waals surface area contributed by atoms with Crippen LogP contribution in [0.1, 0.15) is 187 Å². The monoisotopic (exact) mass is 634 g/mol. The minimum atomic E-state index is -1.16. The zero-order chi connectivity index (χ0) is 33.1. The van der Waals surface area contributed by atoms with E-state index in [2.05, 4.69) is 55.6 Å². The van der Waals surface area contributed by atoms with E-state index in [1.807, 2.05) is 0 Å². The van der Waals surface area contributed by atoms with E-state index >= 15 is 0 Å². The van der Waals surface area contributed by atoms with Crippen LogP contribution >= 0.6 is 0 Å². The SMILES string of the molecule is CCCCC/C=C\C=C/CCCCCCCCC(=O)NC(CO)C(O)C(O)CCC/C=C/CCCCCCCCCCCCC. The van der Waals surface area contributed by atoms with Crippen molar-refractivity contribution in [3.63, 3.8) is 0 Å². The van der Waals surface area contributed by atoms with Gasteiger partial charge in [0.05, 0.1) is 18.8 Å². The number of amides is 1. The first kappa shape index (κ1) is 43.6. The Morgan fingerprint density at radius 1 is 0.556 bits per heavy atom. The predicted molar refractivity (Wildman–Crippen MR) is 194 cm³/mol. The van der Waals surface area contributed by atoms with Gasteiger partial charge >= 0.3 is 0 Å². The topological polar surface area (TPSA) is 89.8 Å². The van der Waals surface area contributed by atoms with Crippen LogP contribution in [-0.4, -0.2) is 46.1 Å². The van der Waals surface area contributed by atoms with E-state index in [1.54, 1.807) is 0 Å². The van der Waals surface area contributed by atoms with Crippen molar-refractivity contribution in [2.75, 3.05) is 6.61 Å². The summed E-state index contributed by atoms with van der Waals surface area (Å²) in [6.07, 6.45) is 42.3. The van der Waals surface area contributed by atoms with Crippen LogP contribution in [0, 0.1) is 0 Å². The molecule has 264 valence electrons. The van der Waals surface area contributed by atoms with Crippen LogP contribution in [0.2, 0.25) is 0 Å². The van der Waals surface area contributed by atoms with Crippen LogP contribution in [0.4, 0.5) is 0 Å². The van der Waals surface area contributed by atoms with Crippen molar-refractivity contribution < 1.29 is 20.1 Å². The number of rotatable bonds is 34. The Morgan fingerprint density at radius 2 is 0.956 bits per heavy atom. The van der Waals surface area contributed by atoms with E-state index in [0.29, 0.717) is 12.8 Å². The smallest absolute Gasteiger partial charge is 0.220 e. The first-order chi connectivity index (χ1) is 22.1. The lowest BCUT2D eigenvalue weighted by molar-refractivity contribution is -0.124. The maximum atomic E-state index is 12.4. The second kappa shape index (κ2) is 35.4. The Morgan fingerprint density at radius 3 is 1.47 bits per heavy atom. The molecule has 5 nitrogen and oxygen atoms in total. The van der Waals surface area contributed by atoms with Crippen molar-refractivity contribution in [1.82, 2.24) is 5.32 Å². The number of hydrogen-bond donors (Lipinski definition) is 4. The maximum Gasteiger partial charge on any atom is 0.220 e. The molecule has 0 aliphatic heterocycles. The molecule has 4 N–H and O–H groups in total. The summed E-state index contributed by atoms with van der Waals surface area (Å²) < 4.78 is 0. The largest absolute Gasteiger partial charge is 0.394 e. The summed E-state index contributed by atoms with van der Waals surface area (Å²) in [5.41, 5.74) is 0. The number of allylic oxidation sites excluding steroid dienone is 6. The van der Waals surface area contributed by atoms with Crippen LogP contribution < -0.4 is 5.32 Å². The standard InChI is InChI=1S/C40H75NO4/c1-3-5-7-9-11-13-15-17-19-21-22-24-26-28-30-32-34-38(43)40(45)37(36-42)41-39(44)35-33-31-29-27-25-23-20-18-16-14-12-10-8-6-4-2/h12,14,16,18,26,28,37-38,40,42-43,45H,3-11,13,15,17,19-25,27,29-36H2,1-2H3,(H,41,44)/b14-12-,18-16-,28-26+. The Bertz CT molecular complexity index is 704. The highest BCUT2D eigenvalue weighted by atomic mass is 16.3. The molecule has 0 aromatic heterocycles. The summed E-state index contributed by atoms with van der Waals surface area (Å²) >= 11 is 0. The number of carbonyl (C=O) groups is 1. The quantitative estimate of drug-likeness (QED) is 0.0322. The fourth-order valence-electron chi connectivity index (χ4n) is 5.68. The van der Waals surface area contributed by atoms with E-state index in [4.69, 9.17) is 0 Å². The van der Waals surface area contributed by atoms with Gasteiger partial charge in [0.15, 0.2) is 0 Å². The van der Waals surface area contributed by atoms with Gasteiger partial charge in [-0.3, -0.25) is 4.79 Å². The molecule has 0 aliphatic rings. The lowest BCUT2D eigenvalue weighted by atomic mass is 10.0. The van der Waals surface area contributed by atoms with Gasteiger partial charge in [0, 0.05) is 6.42 Å². The minimum Gasteiger partial charge on any atom is -0.394 e. The number of aliphatic hydroxyl groups excluding tert-OH is 3. The Labute approximate surface area is 279 Å². The van der Waals surface area contributed by atoms with E-state index in [-0.39, 0.29) is 12.5 Å². The van der Waals surface area contributed by atoms with E-state index in [1.165, 1.54) is 116 Å². The molecule has 0 rings (SSSR count). The van der Waals surface area contributed by atoms with E-state index in [0.717, 1.165) is 44.9 Å². The third-order valence-corrected chi connectivity index (χ3v) is 8.74. The summed E-state index contributed by atoms with van der Waals surface area (Å²) in [5, 5.41) is 33.4. The Kier molecular flexibility index (Phi) is 34.3. The Balaban J connectivity index is 3.75. The van der Waals surface area contributed by atoms with Crippen molar-refractivity contribution in [2.24, 2.45) is 0 Å². The lowest BCUT2D eigenvalue weighted by Crippen LogP contribution is -2.50. The predicted octanol–water partition coefficient (Wildman–Crippen LogP) is 10.4. The molecule has 3 unspecified atom stereocenters. The van der Waals surface area contributed by atoms with Crippen LogP contribution in [-0.2, 0) is 4.79 Å². The van der Waals surface area contributed by atoms with Crippen molar-refractivity contribution in [2.45, 2.75) is 205 Å². The van der Waals surface area contributed by atoms with Gasteiger partial charge in [-0.25, -0.2) is 0 Å². The molecule has 0 aromatic rings. The summed E-state index contributed by atoms with van der Waals surface area (Å²) in [4.78, 5) is 12.4. The highest BCUT2D eigenvalue weighted by molar-refractivity contribution is 5.76. The molecule has 0 saturated carbocycles. The number of carbonyl (C=O) groups excluding carboxylic acids is 1. The normalized spacial score (nSPS) is 14.2. The van der Waals surface area contributed by atoms with Gasteiger partial charge < -0.3 is 20.6 Å². The fraction of sp³-hybridized carbons (Fsp3) is 0.825. The van der Waals surface area contributed by atoms with Crippen molar-refractivity contribution >= 4 is 5.91 Å². The molecule has 0 bridgehead atoms. The van der Waals surface area contributed by atoms with Gasteiger partial charge in [0.2, 0.25) is 5.91 Å². The third-order valence-electron chi connectivity index (χ3n) is 8.74. The fourth-order valence-corrected chi connectivity index (χ4v) is 5.68. The molecular formula is C40H75NO4. The minimum absolute atomic E-state index is 0.168. The molecule has 0 aliphatic carbocycles. The zero-order valence-corrected chi connectivity index (χ0v) is 29.7. The number of hydrogen-bond acceptors (Lipinski definition) is 4. The molecule has 0 saturated heterocycles. The summed E-state index contributed by atoms with van der Waals surface area (Å²) in [7, 11) is 0. The molecule has 0 heterocycles. The first-order valence-corrected chi connectivity index (χ1v) is 19.3. The second-order valence-corrected chi connectivity index (χ2v) is 13.2. The number of nitrogens with one attached hydrogen (secondary N) is 1. The van der Waals surface area contributed by atoms with E-state index in [9.17, 15) is 20.1 Å². The summed E-state index contributed by atoms with van der Waals surface area (Å²) in [5.74, 6) is -0.168.